The molecule has 2 N–H and O–H groups in total. The standard InChI is InChI=1S/C18H31N3O/c1-13(2)12-21(15-6-8-22-9-7-15)17-16(19)10-14(11-20-17)18(3,4)5/h10-11,13,15H,6-9,12,19H2,1-5H3. The Morgan fingerprint density at radius 2 is 1.95 bits per heavy atom. The summed E-state index contributed by atoms with van der Waals surface area (Å²) in [5, 5.41) is 0. The lowest BCUT2D eigenvalue weighted by Crippen LogP contribution is -2.42. The smallest absolute Gasteiger partial charge is 0.152 e. The van der Waals surface area contributed by atoms with Crippen molar-refractivity contribution in [3.8, 4) is 0 Å². The Hall–Kier alpha value is -1.29. The molecule has 1 aromatic heterocycles. The predicted octanol–water partition coefficient (Wildman–Crippen LogP) is 3.60. The second kappa shape index (κ2) is 6.86. The van der Waals surface area contributed by atoms with Gasteiger partial charge in [-0.15, -0.1) is 0 Å². The number of pyridine rings is 1. The number of hydrogen-bond acceptors (Lipinski definition) is 4. The maximum absolute atomic E-state index is 6.37. The molecule has 124 valence electrons. The van der Waals surface area contributed by atoms with E-state index >= 15 is 0 Å². The number of ether oxygens (including phenoxy) is 1. The van der Waals surface area contributed by atoms with Crippen LogP contribution >= 0.6 is 0 Å². The molecule has 0 aliphatic carbocycles. The van der Waals surface area contributed by atoms with Crippen molar-refractivity contribution in [3.63, 3.8) is 0 Å². The first-order valence-electron chi connectivity index (χ1n) is 8.39. The summed E-state index contributed by atoms with van der Waals surface area (Å²) in [5.41, 5.74) is 8.41. The van der Waals surface area contributed by atoms with Crippen LogP contribution in [0.1, 0.15) is 53.0 Å². The molecule has 1 aliphatic rings. The Bertz CT molecular complexity index is 488. The van der Waals surface area contributed by atoms with Crippen LogP contribution in [0.25, 0.3) is 0 Å². The van der Waals surface area contributed by atoms with E-state index in [1.807, 2.05) is 6.20 Å². The van der Waals surface area contributed by atoms with Crippen molar-refractivity contribution in [2.75, 3.05) is 30.4 Å². The minimum atomic E-state index is 0.0706. The molecule has 4 heteroatoms. The Labute approximate surface area is 135 Å². The Kier molecular flexibility index (Phi) is 5.32. The zero-order chi connectivity index (χ0) is 16.3. The van der Waals surface area contributed by atoms with Crippen LogP contribution in [0.15, 0.2) is 12.3 Å². The Balaban J connectivity index is 2.30. The number of hydrogen-bond donors (Lipinski definition) is 1. The van der Waals surface area contributed by atoms with Crippen molar-refractivity contribution in [1.29, 1.82) is 0 Å². The van der Waals surface area contributed by atoms with Gasteiger partial charge in [0.25, 0.3) is 0 Å². The maximum atomic E-state index is 6.37. The van der Waals surface area contributed by atoms with Gasteiger partial charge >= 0.3 is 0 Å². The third-order valence-corrected chi connectivity index (χ3v) is 4.23. The highest BCUT2D eigenvalue weighted by Crippen LogP contribution is 2.31. The number of rotatable bonds is 4. The Morgan fingerprint density at radius 1 is 1.32 bits per heavy atom. The van der Waals surface area contributed by atoms with Crippen molar-refractivity contribution in [1.82, 2.24) is 4.98 Å². The molecule has 2 heterocycles. The molecule has 1 aromatic rings. The van der Waals surface area contributed by atoms with Gasteiger partial charge in [0, 0.05) is 32.0 Å². The van der Waals surface area contributed by atoms with E-state index in [1.165, 1.54) is 5.56 Å². The molecular weight excluding hydrogens is 274 g/mol. The topological polar surface area (TPSA) is 51.4 Å². The average molecular weight is 305 g/mol. The molecule has 22 heavy (non-hydrogen) atoms. The van der Waals surface area contributed by atoms with Crippen molar-refractivity contribution in [3.05, 3.63) is 17.8 Å². The first-order valence-corrected chi connectivity index (χ1v) is 8.39. The molecule has 0 unspecified atom stereocenters. The summed E-state index contributed by atoms with van der Waals surface area (Å²) in [6.45, 7) is 13.7. The lowest BCUT2D eigenvalue weighted by molar-refractivity contribution is 0.0838. The van der Waals surface area contributed by atoms with E-state index in [-0.39, 0.29) is 5.41 Å². The molecule has 0 radical (unpaired) electrons. The fourth-order valence-electron chi connectivity index (χ4n) is 2.92. The van der Waals surface area contributed by atoms with Crippen LogP contribution in [0.2, 0.25) is 0 Å². The summed E-state index contributed by atoms with van der Waals surface area (Å²) < 4.78 is 5.51. The van der Waals surface area contributed by atoms with Crippen LogP contribution in [0, 0.1) is 5.92 Å². The normalized spacial score (nSPS) is 17.0. The van der Waals surface area contributed by atoms with Crippen LogP contribution in [-0.2, 0) is 10.2 Å². The van der Waals surface area contributed by atoms with E-state index in [1.54, 1.807) is 0 Å². The molecule has 1 fully saturated rings. The average Bonchev–Trinajstić information content (AvgIpc) is 2.45. The van der Waals surface area contributed by atoms with Gasteiger partial charge in [0.15, 0.2) is 5.82 Å². The second-order valence-corrected chi connectivity index (χ2v) is 7.78. The minimum absolute atomic E-state index is 0.0706. The van der Waals surface area contributed by atoms with Gasteiger partial charge < -0.3 is 15.4 Å². The van der Waals surface area contributed by atoms with Crippen LogP contribution < -0.4 is 10.6 Å². The first-order chi connectivity index (χ1) is 10.3. The van der Waals surface area contributed by atoms with Crippen LogP contribution in [0.3, 0.4) is 0 Å². The summed E-state index contributed by atoms with van der Waals surface area (Å²) in [6.07, 6.45) is 4.09. The predicted molar refractivity (Wildman–Crippen MR) is 93.4 cm³/mol. The van der Waals surface area contributed by atoms with E-state index < -0.39 is 0 Å². The minimum Gasteiger partial charge on any atom is -0.396 e. The molecule has 0 amide bonds. The monoisotopic (exact) mass is 305 g/mol. The molecule has 0 bridgehead atoms. The van der Waals surface area contributed by atoms with E-state index in [0.717, 1.165) is 44.1 Å². The molecule has 0 saturated carbocycles. The zero-order valence-corrected chi connectivity index (χ0v) is 14.7. The third kappa shape index (κ3) is 4.13. The molecule has 0 aromatic carbocycles. The first kappa shape index (κ1) is 17.1. The highest BCUT2D eigenvalue weighted by atomic mass is 16.5. The van der Waals surface area contributed by atoms with E-state index in [4.69, 9.17) is 15.5 Å². The maximum Gasteiger partial charge on any atom is 0.152 e. The molecule has 4 nitrogen and oxygen atoms in total. The van der Waals surface area contributed by atoms with Crippen molar-refractivity contribution in [2.45, 2.75) is 58.9 Å². The SMILES string of the molecule is CC(C)CN(c1ncc(C(C)(C)C)cc1N)C1CCOCC1. The summed E-state index contributed by atoms with van der Waals surface area (Å²) in [6, 6.07) is 2.57. The summed E-state index contributed by atoms with van der Waals surface area (Å²) in [7, 11) is 0. The molecule has 2 rings (SSSR count). The zero-order valence-electron chi connectivity index (χ0n) is 14.7. The van der Waals surface area contributed by atoms with Gasteiger partial charge in [0.1, 0.15) is 0 Å². The highest BCUT2D eigenvalue weighted by molar-refractivity contribution is 5.64. The third-order valence-electron chi connectivity index (χ3n) is 4.23. The van der Waals surface area contributed by atoms with Gasteiger partial charge in [0.05, 0.1) is 5.69 Å². The highest BCUT2D eigenvalue weighted by Gasteiger charge is 2.26. The fourth-order valence-corrected chi connectivity index (χ4v) is 2.92. The van der Waals surface area contributed by atoms with Gasteiger partial charge in [-0.3, -0.25) is 0 Å². The number of nitrogens with zero attached hydrogens (tertiary/aromatic N) is 2. The van der Waals surface area contributed by atoms with Gasteiger partial charge in [-0.1, -0.05) is 34.6 Å². The number of anilines is 2. The molecule has 1 aliphatic heterocycles. The number of aromatic nitrogens is 1. The number of nitrogen functional groups attached to an aromatic ring is 1. The van der Waals surface area contributed by atoms with Gasteiger partial charge in [-0.2, -0.15) is 0 Å². The fraction of sp³-hybridized carbons (Fsp3) is 0.722. The molecule has 0 spiro atoms. The van der Waals surface area contributed by atoms with E-state index in [2.05, 4.69) is 45.6 Å². The van der Waals surface area contributed by atoms with E-state index in [0.29, 0.717) is 12.0 Å². The second-order valence-electron chi connectivity index (χ2n) is 7.78. The summed E-state index contributed by atoms with van der Waals surface area (Å²) >= 11 is 0. The van der Waals surface area contributed by atoms with Crippen LogP contribution in [-0.4, -0.2) is 30.8 Å². The molecular formula is C18H31N3O. The molecule has 0 atom stereocenters. The van der Waals surface area contributed by atoms with Gasteiger partial charge in [-0.25, -0.2) is 4.98 Å². The summed E-state index contributed by atoms with van der Waals surface area (Å²) in [4.78, 5) is 7.13. The quantitative estimate of drug-likeness (QED) is 0.923. The van der Waals surface area contributed by atoms with Gasteiger partial charge in [0.2, 0.25) is 0 Å². The van der Waals surface area contributed by atoms with Crippen molar-refractivity contribution < 1.29 is 4.74 Å². The van der Waals surface area contributed by atoms with Crippen molar-refractivity contribution in [2.24, 2.45) is 5.92 Å². The Morgan fingerprint density at radius 3 is 2.45 bits per heavy atom. The largest absolute Gasteiger partial charge is 0.396 e. The summed E-state index contributed by atoms with van der Waals surface area (Å²) in [5.74, 6) is 1.51. The van der Waals surface area contributed by atoms with Crippen LogP contribution in [0.5, 0.6) is 0 Å². The lowest BCUT2D eigenvalue weighted by Gasteiger charge is -2.37. The van der Waals surface area contributed by atoms with Crippen LogP contribution in [0.4, 0.5) is 11.5 Å². The lowest BCUT2D eigenvalue weighted by atomic mass is 9.88. The van der Waals surface area contributed by atoms with Gasteiger partial charge in [-0.05, 0) is 35.8 Å². The number of nitrogens with two attached hydrogens (primary N) is 1. The molecule has 1 saturated heterocycles. The van der Waals surface area contributed by atoms with Crippen molar-refractivity contribution >= 4 is 11.5 Å². The van der Waals surface area contributed by atoms with E-state index in [9.17, 15) is 0 Å².